The summed E-state index contributed by atoms with van der Waals surface area (Å²) in [5.41, 5.74) is 0.0590. The molecule has 14 nitrogen and oxygen atoms in total. The summed E-state index contributed by atoms with van der Waals surface area (Å²) in [4.78, 5) is 0. The minimum atomic E-state index is -1.75. The molecule has 0 aromatic carbocycles. The molecule has 34 heavy (non-hydrogen) atoms. The van der Waals surface area contributed by atoms with E-state index in [1.807, 2.05) is 0 Å². The van der Waals surface area contributed by atoms with Crippen LogP contribution in [-0.2, 0) is 9.47 Å². The van der Waals surface area contributed by atoms with Crippen LogP contribution in [-0.4, -0.2) is 155 Å². The van der Waals surface area contributed by atoms with E-state index in [0.29, 0.717) is 0 Å². The van der Waals surface area contributed by atoms with Gasteiger partial charge in [-0.3, -0.25) is 0 Å². The number of rotatable bonds is 7. The first-order valence-corrected chi connectivity index (χ1v) is 11.1. The van der Waals surface area contributed by atoms with E-state index < -0.39 is 105 Å². The molecule has 14 heteroatoms. The van der Waals surface area contributed by atoms with Crippen LogP contribution in [0.4, 0.5) is 0 Å². The minimum Gasteiger partial charge on any atom is -0.396 e. The molecule has 198 valence electrons. The van der Waals surface area contributed by atoms with Crippen LogP contribution in [0.2, 0.25) is 0 Å². The Morgan fingerprint density at radius 3 is 2.06 bits per heavy atom. The molecule has 0 aromatic rings. The third-order valence-electron chi connectivity index (χ3n) is 6.90. The van der Waals surface area contributed by atoms with Gasteiger partial charge in [0.1, 0.15) is 48.8 Å². The second-order valence-electron chi connectivity index (χ2n) is 9.08. The summed E-state index contributed by atoms with van der Waals surface area (Å²) in [5, 5.41) is 113. The fourth-order valence-corrected chi connectivity index (χ4v) is 4.77. The molecule has 0 radical (unpaired) electrons. The van der Waals surface area contributed by atoms with Crippen molar-refractivity contribution >= 4 is 0 Å². The lowest BCUT2D eigenvalue weighted by Gasteiger charge is -2.47. The average Bonchev–Trinajstić information content (AvgIpc) is 2.83. The Morgan fingerprint density at radius 2 is 1.47 bits per heavy atom. The molecule has 2 fully saturated rings. The van der Waals surface area contributed by atoms with Gasteiger partial charge in [-0.25, -0.2) is 0 Å². The van der Waals surface area contributed by atoms with Gasteiger partial charge in [-0.15, -0.1) is 0 Å². The van der Waals surface area contributed by atoms with Crippen molar-refractivity contribution in [2.75, 3.05) is 19.8 Å². The molecule has 1 aliphatic heterocycles. The predicted octanol–water partition coefficient (Wildman–Crippen LogP) is -6.75. The normalized spacial score (nSPS) is 50.1. The number of nitrogens with one attached hydrogen (secondary N) is 1. The van der Waals surface area contributed by atoms with Gasteiger partial charge in [-0.2, -0.15) is 0 Å². The number of ether oxygens (including phenoxy) is 2. The molecule has 2 aliphatic carbocycles. The summed E-state index contributed by atoms with van der Waals surface area (Å²) >= 11 is 0. The summed E-state index contributed by atoms with van der Waals surface area (Å²) in [6.45, 7) is -1.80. The fraction of sp³-hybridized carbons (Fsp3) is 0.900. The average molecular weight is 497 g/mol. The van der Waals surface area contributed by atoms with Crippen molar-refractivity contribution < 1.29 is 65.6 Å². The van der Waals surface area contributed by atoms with E-state index in [2.05, 4.69) is 5.32 Å². The summed E-state index contributed by atoms with van der Waals surface area (Å²) in [6.07, 6.45) is -15.7. The molecule has 3 aliphatic rings. The van der Waals surface area contributed by atoms with E-state index in [0.717, 1.165) is 0 Å². The zero-order valence-corrected chi connectivity index (χ0v) is 18.2. The van der Waals surface area contributed by atoms with Gasteiger partial charge in [0.25, 0.3) is 0 Å². The molecule has 14 atom stereocenters. The van der Waals surface area contributed by atoms with Crippen molar-refractivity contribution in [3.63, 3.8) is 0 Å². The van der Waals surface area contributed by atoms with Gasteiger partial charge in [0.05, 0.1) is 31.5 Å². The van der Waals surface area contributed by atoms with Crippen molar-refractivity contribution in [2.45, 2.75) is 85.8 Å². The molecule has 3 rings (SSSR count). The molecular weight excluding hydrogens is 462 g/mol. The van der Waals surface area contributed by atoms with Crippen molar-refractivity contribution in [3.8, 4) is 0 Å². The highest BCUT2D eigenvalue weighted by Crippen LogP contribution is 2.33. The van der Waals surface area contributed by atoms with Gasteiger partial charge in [0, 0.05) is 18.6 Å². The lowest BCUT2D eigenvalue weighted by Crippen LogP contribution is -2.66. The Bertz CT molecular complexity index is 693. The Balaban J connectivity index is 1.73. The van der Waals surface area contributed by atoms with Crippen molar-refractivity contribution in [2.24, 2.45) is 5.92 Å². The maximum atomic E-state index is 10.7. The van der Waals surface area contributed by atoms with Crippen LogP contribution in [0.3, 0.4) is 0 Å². The highest BCUT2D eigenvalue weighted by atomic mass is 16.7. The maximum Gasteiger partial charge on any atom is 0.187 e. The second-order valence-corrected chi connectivity index (χ2v) is 9.08. The number of aliphatic hydroxyl groups excluding tert-OH is 11. The van der Waals surface area contributed by atoms with Gasteiger partial charge < -0.3 is 71.0 Å². The highest BCUT2D eigenvalue weighted by molar-refractivity contribution is 5.22. The van der Waals surface area contributed by atoms with Crippen LogP contribution >= 0.6 is 0 Å². The standard InChI is InChI=1S/C20H35NO13/c22-3-6-1-8(12(26)15(29)11(6)25)21-9-2-7(4-23)19(17(31)13(9)27)34-20-18(32)16(30)14(28)10(5-24)33-20/h1,7-32H,2-5H2/t7?,8-,9-,10?,11+,12-,13+,14-,15-,16?,17+,18+,19+,20-/m0/s1. The SMILES string of the molecule is OCC1=C[C@H](N[C@H]2CC(CO)[C@@H](O[C@@H]3OC(CO)[C@H](O)C(O)[C@H]3O)[C@H](O)[C@@H]2O)[C@H](O)[C@@H](O)[C@@H]1O. The third-order valence-corrected chi connectivity index (χ3v) is 6.90. The first-order chi connectivity index (χ1) is 16.0. The van der Waals surface area contributed by atoms with Gasteiger partial charge >= 0.3 is 0 Å². The molecule has 0 bridgehead atoms. The number of aliphatic hydroxyl groups is 11. The van der Waals surface area contributed by atoms with Crippen molar-refractivity contribution in [1.29, 1.82) is 0 Å². The van der Waals surface area contributed by atoms with Crippen LogP contribution in [0.25, 0.3) is 0 Å². The lowest BCUT2D eigenvalue weighted by molar-refractivity contribution is -0.328. The monoisotopic (exact) mass is 497 g/mol. The van der Waals surface area contributed by atoms with E-state index in [1.54, 1.807) is 0 Å². The molecule has 0 amide bonds. The first kappa shape index (κ1) is 27.8. The van der Waals surface area contributed by atoms with Crippen LogP contribution in [0, 0.1) is 5.92 Å². The van der Waals surface area contributed by atoms with Crippen molar-refractivity contribution in [1.82, 2.24) is 5.32 Å². The first-order valence-electron chi connectivity index (χ1n) is 11.1. The van der Waals surface area contributed by atoms with Crippen LogP contribution in [0.5, 0.6) is 0 Å². The topological polar surface area (TPSA) is 253 Å². The number of hydrogen-bond donors (Lipinski definition) is 12. The van der Waals surface area contributed by atoms with Gasteiger partial charge in [0.2, 0.25) is 0 Å². The highest BCUT2D eigenvalue weighted by Gasteiger charge is 2.50. The van der Waals surface area contributed by atoms with Gasteiger partial charge in [-0.1, -0.05) is 6.08 Å². The lowest BCUT2D eigenvalue weighted by atomic mass is 9.78. The van der Waals surface area contributed by atoms with Crippen molar-refractivity contribution in [3.05, 3.63) is 11.6 Å². The zero-order chi connectivity index (χ0) is 25.3. The maximum absolute atomic E-state index is 10.7. The zero-order valence-electron chi connectivity index (χ0n) is 18.2. The smallest absolute Gasteiger partial charge is 0.187 e. The molecule has 0 aromatic heterocycles. The summed E-state index contributed by atoms with van der Waals surface area (Å²) in [5.74, 6) is -0.833. The third kappa shape index (κ3) is 5.30. The van der Waals surface area contributed by atoms with E-state index in [9.17, 15) is 56.2 Å². The quantitative estimate of drug-likeness (QED) is 0.146. The Kier molecular flexibility index (Phi) is 9.38. The summed E-state index contributed by atoms with van der Waals surface area (Å²) < 4.78 is 10.9. The summed E-state index contributed by atoms with van der Waals surface area (Å²) in [7, 11) is 0. The molecule has 12 N–H and O–H groups in total. The Hall–Kier alpha value is -0.820. The van der Waals surface area contributed by atoms with Crippen LogP contribution in [0.1, 0.15) is 6.42 Å². The Morgan fingerprint density at radius 1 is 0.794 bits per heavy atom. The van der Waals surface area contributed by atoms with E-state index in [4.69, 9.17) is 9.47 Å². The fourth-order valence-electron chi connectivity index (χ4n) is 4.77. The summed E-state index contributed by atoms with van der Waals surface area (Å²) in [6, 6.07) is -1.94. The molecular formula is C20H35NO13. The molecule has 1 saturated heterocycles. The van der Waals surface area contributed by atoms with Crippen LogP contribution < -0.4 is 5.32 Å². The molecule has 1 saturated carbocycles. The largest absolute Gasteiger partial charge is 0.396 e. The Labute approximate surface area is 194 Å². The van der Waals surface area contributed by atoms with Gasteiger partial charge in [0.15, 0.2) is 6.29 Å². The van der Waals surface area contributed by atoms with E-state index in [-0.39, 0.29) is 12.0 Å². The van der Waals surface area contributed by atoms with Gasteiger partial charge in [-0.05, 0) is 12.0 Å². The van der Waals surface area contributed by atoms with E-state index in [1.165, 1.54) is 6.08 Å². The van der Waals surface area contributed by atoms with E-state index >= 15 is 0 Å². The predicted molar refractivity (Wildman–Crippen MR) is 110 cm³/mol. The molecule has 0 spiro atoms. The second kappa shape index (κ2) is 11.5. The molecule has 1 heterocycles. The number of hydrogen-bond acceptors (Lipinski definition) is 14. The minimum absolute atomic E-state index is 0.0129. The van der Waals surface area contributed by atoms with Crippen LogP contribution in [0.15, 0.2) is 11.6 Å². The molecule has 3 unspecified atom stereocenters.